The maximum Gasteiger partial charge on any atom is 0.294 e. The van der Waals surface area contributed by atoms with Crippen molar-refractivity contribution in [2.75, 3.05) is 0 Å². The van der Waals surface area contributed by atoms with Crippen molar-refractivity contribution in [2.45, 2.75) is 11.5 Å². The lowest BCUT2D eigenvalue weighted by Gasteiger charge is -2.06. The molecular formula is C13H13ClO4S. The van der Waals surface area contributed by atoms with Crippen LogP contribution in [0.4, 0.5) is 0 Å². The first-order valence-corrected chi connectivity index (χ1v) is 6.74. The summed E-state index contributed by atoms with van der Waals surface area (Å²) in [5.74, 6) is 0.547. The highest BCUT2D eigenvalue weighted by Crippen LogP contribution is 2.16. The summed E-state index contributed by atoms with van der Waals surface area (Å²) in [5, 5.41) is 0. The molecule has 0 aliphatic carbocycles. The Morgan fingerprint density at radius 2 is 1.53 bits per heavy atom. The van der Waals surface area contributed by atoms with Crippen molar-refractivity contribution < 1.29 is 17.7 Å². The van der Waals surface area contributed by atoms with E-state index in [-0.39, 0.29) is 17.3 Å². The molecule has 0 spiro atoms. The second-order valence-electron chi connectivity index (χ2n) is 3.72. The van der Waals surface area contributed by atoms with Gasteiger partial charge in [-0.2, -0.15) is 8.42 Å². The average molecular weight is 301 g/mol. The number of benzene rings is 2. The van der Waals surface area contributed by atoms with E-state index in [1.54, 1.807) is 0 Å². The van der Waals surface area contributed by atoms with E-state index in [0.29, 0.717) is 12.4 Å². The number of hydrogen-bond donors (Lipinski definition) is 1. The van der Waals surface area contributed by atoms with Gasteiger partial charge in [-0.25, -0.2) is 0 Å². The van der Waals surface area contributed by atoms with Crippen LogP contribution in [-0.4, -0.2) is 13.0 Å². The van der Waals surface area contributed by atoms with E-state index in [1.165, 1.54) is 24.3 Å². The second-order valence-corrected chi connectivity index (χ2v) is 5.14. The molecule has 0 atom stereocenters. The first-order valence-electron chi connectivity index (χ1n) is 5.30. The van der Waals surface area contributed by atoms with Crippen LogP contribution in [0, 0.1) is 0 Å². The third-order valence-corrected chi connectivity index (χ3v) is 3.24. The van der Waals surface area contributed by atoms with Crippen molar-refractivity contribution in [3.63, 3.8) is 0 Å². The lowest BCUT2D eigenvalue weighted by atomic mass is 10.2. The van der Waals surface area contributed by atoms with Gasteiger partial charge in [-0.15, -0.1) is 12.4 Å². The molecular weight excluding hydrogens is 288 g/mol. The zero-order chi connectivity index (χ0) is 13.0. The predicted octanol–water partition coefficient (Wildman–Crippen LogP) is 2.93. The third-order valence-electron chi connectivity index (χ3n) is 2.37. The summed E-state index contributed by atoms with van der Waals surface area (Å²) >= 11 is 0. The Bertz CT molecular complexity index is 609. The third kappa shape index (κ3) is 4.55. The maximum absolute atomic E-state index is 10.8. The van der Waals surface area contributed by atoms with Gasteiger partial charge < -0.3 is 4.74 Å². The largest absolute Gasteiger partial charge is 0.489 e. The standard InChI is InChI=1S/C13H12O4S.ClH/c14-18(15,16)13-8-6-12(7-9-13)17-10-11-4-2-1-3-5-11;/h1-9H,10H2,(H,14,15,16);1H. The van der Waals surface area contributed by atoms with Gasteiger partial charge in [-0.1, -0.05) is 30.3 Å². The highest BCUT2D eigenvalue weighted by atomic mass is 35.5. The number of halogens is 1. The molecule has 2 aromatic rings. The highest BCUT2D eigenvalue weighted by Gasteiger charge is 2.08. The van der Waals surface area contributed by atoms with E-state index < -0.39 is 10.1 Å². The van der Waals surface area contributed by atoms with Crippen molar-refractivity contribution in [3.05, 3.63) is 60.2 Å². The van der Waals surface area contributed by atoms with E-state index >= 15 is 0 Å². The fourth-order valence-corrected chi connectivity index (χ4v) is 1.93. The smallest absolute Gasteiger partial charge is 0.294 e. The van der Waals surface area contributed by atoms with E-state index in [2.05, 4.69) is 0 Å². The van der Waals surface area contributed by atoms with Crippen LogP contribution in [0.2, 0.25) is 0 Å². The minimum absolute atomic E-state index is 0. The van der Waals surface area contributed by atoms with E-state index in [1.807, 2.05) is 30.3 Å². The zero-order valence-electron chi connectivity index (χ0n) is 9.89. The van der Waals surface area contributed by atoms with Crippen LogP contribution < -0.4 is 4.74 Å². The maximum atomic E-state index is 10.8. The molecule has 1 N–H and O–H groups in total. The van der Waals surface area contributed by atoms with E-state index in [9.17, 15) is 8.42 Å². The van der Waals surface area contributed by atoms with Gasteiger partial charge in [0.2, 0.25) is 0 Å². The SMILES string of the molecule is Cl.O=S(=O)(O)c1ccc(OCc2ccccc2)cc1. The minimum atomic E-state index is -4.14. The summed E-state index contributed by atoms with van der Waals surface area (Å²) in [7, 11) is -4.14. The Balaban J connectivity index is 0.00000180. The van der Waals surface area contributed by atoms with Crippen molar-refractivity contribution >= 4 is 22.5 Å². The van der Waals surface area contributed by atoms with Gasteiger partial charge in [0.25, 0.3) is 10.1 Å². The van der Waals surface area contributed by atoms with Crippen molar-refractivity contribution in [1.82, 2.24) is 0 Å². The Labute approximate surface area is 118 Å². The molecule has 0 radical (unpaired) electrons. The van der Waals surface area contributed by atoms with Gasteiger partial charge in [0, 0.05) is 0 Å². The Morgan fingerprint density at radius 3 is 2.05 bits per heavy atom. The van der Waals surface area contributed by atoms with Crippen molar-refractivity contribution in [2.24, 2.45) is 0 Å². The van der Waals surface area contributed by atoms with Gasteiger partial charge >= 0.3 is 0 Å². The second kappa shape index (κ2) is 6.56. The van der Waals surface area contributed by atoms with Gasteiger partial charge in [0.1, 0.15) is 12.4 Å². The molecule has 0 saturated heterocycles. The monoisotopic (exact) mass is 300 g/mol. The molecule has 102 valence electrons. The van der Waals surface area contributed by atoms with Gasteiger partial charge in [-0.05, 0) is 29.8 Å². The van der Waals surface area contributed by atoms with Crippen LogP contribution in [0.5, 0.6) is 5.75 Å². The lowest BCUT2D eigenvalue weighted by molar-refractivity contribution is 0.306. The fourth-order valence-electron chi connectivity index (χ4n) is 1.45. The summed E-state index contributed by atoms with van der Waals surface area (Å²) in [6.07, 6.45) is 0. The Hall–Kier alpha value is -1.56. The van der Waals surface area contributed by atoms with E-state index in [0.717, 1.165) is 5.56 Å². The number of rotatable bonds is 4. The number of hydrogen-bond acceptors (Lipinski definition) is 3. The highest BCUT2D eigenvalue weighted by molar-refractivity contribution is 7.85. The Kier molecular flexibility index (Phi) is 5.35. The minimum Gasteiger partial charge on any atom is -0.489 e. The molecule has 2 rings (SSSR count). The molecule has 0 aromatic heterocycles. The number of ether oxygens (including phenoxy) is 1. The summed E-state index contributed by atoms with van der Waals surface area (Å²) in [5.41, 5.74) is 1.02. The fraction of sp³-hybridized carbons (Fsp3) is 0.0769. The van der Waals surface area contributed by atoms with Crippen LogP contribution in [0.15, 0.2) is 59.5 Å². The molecule has 6 heteroatoms. The molecule has 0 heterocycles. The Morgan fingerprint density at radius 1 is 0.947 bits per heavy atom. The molecule has 0 bridgehead atoms. The first kappa shape index (κ1) is 15.5. The first-order chi connectivity index (χ1) is 8.55. The van der Waals surface area contributed by atoms with E-state index in [4.69, 9.17) is 9.29 Å². The van der Waals surface area contributed by atoms with Crippen LogP contribution in [-0.2, 0) is 16.7 Å². The van der Waals surface area contributed by atoms with Gasteiger partial charge in [0.15, 0.2) is 0 Å². The van der Waals surface area contributed by atoms with Gasteiger partial charge in [-0.3, -0.25) is 4.55 Å². The lowest BCUT2D eigenvalue weighted by Crippen LogP contribution is -1.98. The molecule has 4 nitrogen and oxygen atoms in total. The molecule has 0 aliphatic heterocycles. The van der Waals surface area contributed by atoms with Crippen LogP contribution in [0.1, 0.15) is 5.56 Å². The molecule has 0 amide bonds. The van der Waals surface area contributed by atoms with Crippen LogP contribution in [0.3, 0.4) is 0 Å². The summed E-state index contributed by atoms with van der Waals surface area (Å²) in [6.45, 7) is 0.409. The van der Waals surface area contributed by atoms with Crippen molar-refractivity contribution in [3.8, 4) is 5.75 Å². The molecule has 2 aromatic carbocycles. The predicted molar refractivity (Wildman–Crippen MR) is 74.3 cm³/mol. The van der Waals surface area contributed by atoms with Crippen molar-refractivity contribution in [1.29, 1.82) is 0 Å². The zero-order valence-corrected chi connectivity index (χ0v) is 11.5. The summed E-state index contributed by atoms with van der Waals surface area (Å²) < 4.78 is 36.0. The quantitative estimate of drug-likeness (QED) is 0.882. The molecule has 19 heavy (non-hydrogen) atoms. The molecule has 0 aliphatic rings. The van der Waals surface area contributed by atoms with Crippen LogP contribution >= 0.6 is 12.4 Å². The molecule has 0 saturated carbocycles. The molecule has 0 unspecified atom stereocenters. The summed E-state index contributed by atoms with van der Waals surface area (Å²) in [4.78, 5) is -0.144. The molecule has 0 fully saturated rings. The summed E-state index contributed by atoms with van der Waals surface area (Å²) in [6, 6.07) is 15.2. The average Bonchev–Trinajstić information content (AvgIpc) is 2.37. The van der Waals surface area contributed by atoms with Crippen LogP contribution in [0.25, 0.3) is 0 Å². The normalized spacial score (nSPS) is 10.6. The van der Waals surface area contributed by atoms with Gasteiger partial charge in [0.05, 0.1) is 4.90 Å². The topological polar surface area (TPSA) is 63.6 Å².